The lowest BCUT2D eigenvalue weighted by atomic mass is 10.1. The molecule has 1 aromatic heterocycles. The first kappa shape index (κ1) is 14.0. The Morgan fingerprint density at radius 3 is 2.55 bits per heavy atom. The van der Waals surface area contributed by atoms with Gasteiger partial charge in [-0.05, 0) is 45.8 Å². The predicted octanol–water partition coefficient (Wildman–Crippen LogP) is 4.93. The lowest BCUT2D eigenvalue weighted by molar-refractivity contribution is 0.228. The highest BCUT2D eigenvalue weighted by molar-refractivity contribution is 9.10. The van der Waals surface area contributed by atoms with Crippen molar-refractivity contribution in [1.29, 1.82) is 0 Å². The van der Waals surface area contributed by atoms with Crippen molar-refractivity contribution in [3.8, 4) is 11.5 Å². The molecule has 0 N–H and O–H groups in total. The number of benzene rings is 1. The predicted molar refractivity (Wildman–Crippen MR) is 83.8 cm³/mol. The van der Waals surface area contributed by atoms with E-state index in [0.717, 1.165) is 27.5 Å². The topological polar surface area (TPSA) is 31.6 Å². The molecule has 0 aliphatic carbocycles. The van der Waals surface area contributed by atoms with Crippen LogP contribution in [-0.4, -0.2) is 13.2 Å². The summed E-state index contributed by atoms with van der Waals surface area (Å²) in [7, 11) is 0. The standard InChI is InChI=1S/C15H14Br2O3/c1-9-7-18-11-3-2-10(6-13(11)19-8-9)15(17)12-4-5-14(16)20-12/h2-6,9,15H,7-8H2,1H3. The van der Waals surface area contributed by atoms with E-state index in [1.807, 2.05) is 30.3 Å². The number of hydrogen-bond acceptors (Lipinski definition) is 3. The van der Waals surface area contributed by atoms with Crippen LogP contribution in [0.2, 0.25) is 0 Å². The fourth-order valence-corrected chi connectivity index (χ4v) is 2.91. The molecular formula is C15H14Br2O3. The maximum Gasteiger partial charge on any atom is 0.169 e. The molecule has 20 heavy (non-hydrogen) atoms. The van der Waals surface area contributed by atoms with Crippen LogP contribution < -0.4 is 9.47 Å². The Balaban J connectivity index is 1.88. The number of ether oxygens (including phenoxy) is 2. The molecule has 0 saturated carbocycles. The highest BCUT2D eigenvalue weighted by atomic mass is 79.9. The third kappa shape index (κ3) is 2.88. The minimum atomic E-state index is -0.0108. The molecule has 0 fully saturated rings. The van der Waals surface area contributed by atoms with E-state index in [1.165, 1.54) is 0 Å². The first-order valence-electron chi connectivity index (χ1n) is 6.42. The molecule has 1 aliphatic heterocycles. The van der Waals surface area contributed by atoms with E-state index in [1.54, 1.807) is 0 Å². The number of halogens is 2. The van der Waals surface area contributed by atoms with E-state index in [4.69, 9.17) is 13.9 Å². The highest BCUT2D eigenvalue weighted by Gasteiger charge is 2.19. The van der Waals surface area contributed by atoms with E-state index >= 15 is 0 Å². The van der Waals surface area contributed by atoms with Gasteiger partial charge in [-0.15, -0.1) is 0 Å². The minimum Gasteiger partial charge on any atom is -0.489 e. The first-order chi connectivity index (χ1) is 9.63. The van der Waals surface area contributed by atoms with Crippen LogP contribution in [0.4, 0.5) is 0 Å². The number of rotatable bonds is 2. The summed E-state index contributed by atoms with van der Waals surface area (Å²) in [6, 6.07) is 9.80. The Morgan fingerprint density at radius 2 is 1.85 bits per heavy atom. The molecule has 0 spiro atoms. The zero-order valence-corrected chi connectivity index (χ0v) is 14.1. The summed E-state index contributed by atoms with van der Waals surface area (Å²) in [6.07, 6.45) is 0. The summed E-state index contributed by atoms with van der Waals surface area (Å²) in [5.41, 5.74) is 1.07. The Kier molecular flexibility index (Phi) is 4.08. The summed E-state index contributed by atoms with van der Waals surface area (Å²) in [5.74, 6) is 2.84. The van der Waals surface area contributed by atoms with Gasteiger partial charge in [0.05, 0.1) is 18.0 Å². The third-order valence-electron chi connectivity index (χ3n) is 3.15. The van der Waals surface area contributed by atoms with Crippen LogP contribution in [0.1, 0.15) is 23.1 Å². The van der Waals surface area contributed by atoms with Crippen molar-refractivity contribution in [3.05, 3.63) is 46.3 Å². The molecule has 0 radical (unpaired) electrons. The Hall–Kier alpha value is -0.940. The largest absolute Gasteiger partial charge is 0.489 e. The maximum atomic E-state index is 5.81. The van der Waals surface area contributed by atoms with Gasteiger partial charge in [0.25, 0.3) is 0 Å². The van der Waals surface area contributed by atoms with Crippen LogP contribution in [0.25, 0.3) is 0 Å². The van der Waals surface area contributed by atoms with E-state index in [-0.39, 0.29) is 4.83 Å². The molecule has 0 saturated heterocycles. The normalized spacial score (nSPS) is 19.4. The van der Waals surface area contributed by atoms with Gasteiger partial charge in [-0.2, -0.15) is 0 Å². The van der Waals surface area contributed by atoms with Gasteiger partial charge in [-0.25, -0.2) is 0 Å². The molecule has 1 aliphatic rings. The van der Waals surface area contributed by atoms with Gasteiger partial charge in [0.15, 0.2) is 16.2 Å². The van der Waals surface area contributed by atoms with Gasteiger partial charge in [0, 0.05) is 5.92 Å². The molecule has 3 rings (SSSR count). The van der Waals surface area contributed by atoms with Crippen LogP contribution in [0.3, 0.4) is 0 Å². The Bertz CT molecular complexity index is 609. The number of hydrogen-bond donors (Lipinski definition) is 0. The van der Waals surface area contributed by atoms with Crippen molar-refractivity contribution < 1.29 is 13.9 Å². The Labute approximate surface area is 134 Å². The van der Waals surface area contributed by atoms with Gasteiger partial charge in [-0.3, -0.25) is 0 Å². The molecule has 2 heterocycles. The highest BCUT2D eigenvalue weighted by Crippen LogP contribution is 2.38. The van der Waals surface area contributed by atoms with Crippen molar-refractivity contribution in [2.24, 2.45) is 5.92 Å². The summed E-state index contributed by atoms with van der Waals surface area (Å²) in [5, 5.41) is 0. The van der Waals surface area contributed by atoms with Gasteiger partial charge in [-0.1, -0.05) is 28.9 Å². The summed E-state index contributed by atoms with van der Waals surface area (Å²) in [6.45, 7) is 3.48. The molecule has 0 bridgehead atoms. The van der Waals surface area contributed by atoms with E-state index in [0.29, 0.717) is 19.1 Å². The minimum absolute atomic E-state index is 0.0108. The van der Waals surface area contributed by atoms with Gasteiger partial charge < -0.3 is 13.9 Å². The second-order valence-electron chi connectivity index (χ2n) is 4.94. The lowest BCUT2D eigenvalue weighted by Crippen LogP contribution is -2.12. The average Bonchev–Trinajstić information content (AvgIpc) is 2.80. The zero-order valence-electron chi connectivity index (χ0n) is 10.9. The maximum absolute atomic E-state index is 5.81. The molecule has 5 heteroatoms. The van der Waals surface area contributed by atoms with Crippen molar-refractivity contribution in [1.82, 2.24) is 0 Å². The third-order valence-corrected chi connectivity index (χ3v) is 4.56. The number of fused-ring (bicyclic) bond motifs is 1. The van der Waals surface area contributed by atoms with Gasteiger partial charge in [0.1, 0.15) is 5.76 Å². The summed E-state index contributed by atoms with van der Waals surface area (Å²) >= 11 is 6.97. The fraction of sp³-hybridized carbons (Fsp3) is 0.333. The van der Waals surface area contributed by atoms with Gasteiger partial charge in [0.2, 0.25) is 0 Å². The molecule has 2 aromatic rings. The molecule has 1 aromatic carbocycles. The molecule has 106 valence electrons. The number of alkyl halides is 1. The van der Waals surface area contributed by atoms with Crippen LogP contribution >= 0.6 is 31.9 Å². The molecule has 2 unspecified atom stereocenters. The van der Waals surface area contributed by atoms with Crippen molar-refractivity contribution in [2.45, 2.75) is 11.8 Å². The second-order valence-corrected chi connectivity index (χ2v) is 6.64. The van der Waals surface area contributed by atoms with Crippen LogP contribution in [0.15, 0.2) is 39.4 Å². The monoisotopic (exact) mass is 400 g/mol. The SMILES string of the molecule is CC1COc2ccc(C(Br)c3ccc(Br)o3)cc2OC1. The van der Waals surface area contributed by atoms with Crippen LogP contribution in [-0.2, 0) is 0 Å². The molecule has 3 nitrogen and oxygen atoms in total. The van der Waals surface area contributed by atoms with Gasteiger partial charge >= 0.3 is 0 Å². The molecule has 0 amide bonds. The van der Waals surface area contributed by atoms with Crippen molar-refractivity contribution in [2.75, 3.05) is 13.2 Å². The van der Waals surface area contributed by atoms with E-state index < -0.39 is 0 Å². The van der Waals surface area contributed by atoms with Crippen molar-refractivity contribution in [3.63, 3.8) is 0 Å². The van der Waals surface area contributed by atoms with E-state index in [2.05, 4.69) is 38.8 Å². The van der Waals surface area contributed by atoms with Crippen LogP contribution in [0, 0.1) is 5.92 Å². The second kappa shape index (κ2) is 5.82. The van der Waals surface area contributed by atoms with E-state index in [9.17, 15) is 0 Å². The smallest absolute Gasteiger partial charge is 0.169 e. The Morgan fingerprint density at radius 1 is 1.10 bits per heavy atom. The van der Waals surface area contributed by atoms with Crippen molar-refractivity contribution >= 4 is 31.9 Å². The zero-order chi connectivity index (χ0) is 14.1. The average molecular weight is 402 g/mol. The molecular weight excluding hydrogens is 388 g/mol. The first-order valence-corrected chi connectivity index (χ1v) is 8.13. The quantitative estimate of drug-likeness (QED) is 0.668. The molecule has 2 atom stereocenters. The summed E-state index contributed by atoms with van der Waals surface area (Å²) in [4.78, 5) is -0.0108. The summed E-state index contributed by atoms with van der Waals surface area (Å²) < 4.78 is 17.8. The fourth-order valence-electron chi connectivity index (χ4n) is 2.06. The number of furan rings is 1. The van der Waals surface area contributed by atoms with Crippen LogP contribution in [0.5, 0.6) is 11.5 Å². The lowest BCUT2D eigenvalue weighted by Gasteiger charge is -2.12.